The fourth-order valence-electron chi connectivity index (χ4n) is 2.24. The third-order valence-corrected chi connectivity index (χ3v) is 3.78. The van der Waals surface area contributed by atoms with Gasteiger partial charge in [0.05, 0.1) is 23.4 Å². The minimum atomic E-state index is -0.339. The maximum absolute atomic E-state index is 12.5. The summed E-state index contributed by atoms with van der Waals surface area (Å²) in [6.45, 7) is 0.374. The molecule has 0 unspecified atom stereocenters. The quantitative estimate of drug-likeness (QED) is 0.607. The van der Waals surface area contributed by atoms with Gasteiger partial charge >= 0.3 is 0 Å². The van der Waals surface area contributed by atoms with Crippen LogP contribution in [0.5, 0.6) is 0 Å². The summed E-state index contributed by atoms with van der Waals surface area (Å²) >= 11 is 3.34. The van der Waals surface area contributed by atoms with Crippen LogP contribution in [0.1, 0.15) is 16.1 Å². The lowest BCUT2D eigenvalue weighted by molar-refractivity contribution is 0.102. The number of halogens is 1. The lowest BCUT2D eigenvalue weighted by Crippen LogP contribution is -2.14. The summed E-state index contributed by atoms with van der Waals surface area (Å²) < 4.78 is 5.86. The van der Waals surface area contributed by atoms with Gasteiger partial charge in [-0.3, -0.25) is 9.89 Å². The number of fused-ring (bicyclic) bond motifs is 1. The number of nitrogens with two attached hydrogens (primary N) is 1. The zero-order valence-corrected chi connectivity index (χ0v) is 13.8. The number of carbonyl (C=O) groups is 1. The van der Waals surface area contributed by atoms with Crippen LogP contribution in [0.2, 0.25) is 0 Å². The fraction of sp³-hybridized carbons (Fsp3) is 0.133. The second kappa shape index (κ2) is 6.35. The van der Waals surface area contributed by atoms with Crippen molar-refractivity contribution in [1.29, 1.82) is 0 Å². The average Bonchev–Trinajstić information content (AvgIpc) is 2.94. The maximum atomic E-state index is 12.5. The van der Waals surface area contributed by atoms with Crippen molar-refractivity contribution in [1.82, 2.24) is 15.2 Å². The molecule has 3 rings (SSSR count). The molecule has 0 aliphatic heterocycles. The molecule has 23 heavy (non-hydrogen) atoms. The molecular formula is C15H14BrN5O2. The number of methoxy groups -OCH3 is 1. The third-order valence-electron chi connectivity index (χ3n) is 3.35. The number of benzene rings is 1. The first kappa shape index (κ1) is 15.4. The summed E-state index contributed by atoms with van der Waals surface area (Å²) in [7, 11) is 1.59. The number of nitrogens with zero attached hydrogens (tertiary/aromatic N) is 2. The Morgan fingerprint density at radius 1 is 1.48 bits per heavy atom. The van der Waals surface area contributed by atoms with Gasteiger partial charge in [-0.25, -0.2) is 4.98 Å². The topological polar surface area (TPSA) is 106 Å². The first-order chi connectivity index (χ1) is 11.1. The molecule has 8 heteroatoms. The van der Waals surface area contributed by atoms with Gasteiger partial charge < -0.3 is 15.8 Å². The highest BCUT2D eigenvalue weighted by Gasteiger charge is 2.16. The molecule has 3 aromatic rings. The molecule has 1 amide bonds. The van der Waals surface area contributed by atoms with Gasteiger partial charge in [-0.1, -0.05) is 12.1 Å². The van der Waals surface area contributed by atoms with E-state index in [0.29, 0.717) is 34.7 Å². The molecular weight excluding hydrogens is 362 g/mol. The van der Waals surface area contributed by atoms with E-state index in [1.807, 2.05) is 12.1 Å². The van der Waals surface area contributed by atoms with Gasteiger partial charge in [0, 0.05) is 23.3 Å². The monoisotopic (exact) mass is 375 g/mol. The number of aromatic amines is 1. The number of nitrogen functional groups attached to an aromatic ring is 1. The standard InChI is InChI=1S/C15H14BrN5O2/c1-23-7-8-3-2-4-11(12(8)17)19-15(22)13-10-5-9(16)6-18-14(10)21-20-13/h2-6H,7,17H2,1H3,(H,19,22)(H,18,20,21). The van der Waals surface area contributed by atoms with Crippen molar-refractivity contribution in [2.75, 3.05) is 18.2 Å². The number of pyridine rings is 1. The molecule has 118 valence electrons. The van der Waals surface area contributed by atoms with Gasteiger partial charge in [-0.05, 0) is 28.1 Å². The third kappa shape index (κ3) is 3.03. The van der Waals surface area contributed by atoms with Crippen LogP contribution in [0.4, 0.5) is 11.4 Å². The molecule has 1 aromatic carbocycles. The molecule has 2 heterocycles. The van der Waals surface area contributed by atoms with Crippen molar-refractivity contribution < 1.29 is 9.53 Å². The number of rotatable bonds is 4. The normalized spacial score (nSPS) is 10.9. The highest BCUT2D eigenvalue weighted by molar-refractivity contribution is 9.10. The smallest absolute Gasteiger partial charge is 0.274 e. The number of hydrogen-bond donors (Lipinski definition) is 3. The van der Waals surface area contributed by atoms with E-state index in [-0.39, 0.29) is 5.91 Å². The Balaban J connectivity index is 1.92. The average molecular weight is 376 g/mol. The lowest BCUT2D eigenvalue weighted by Gasteiger charge is -2.11. The molecule has 0 spiro atoms. The summed E-state index contributed by atoms with van der Waals surface area (Å²) in [5.41, 5.74) is 8.67. The fourth-order valence-corrected chi connectivity index (χ4v) is 2.57. The molecule has 0 radical (unpaired) electrons. The summed E-state index contributed by atoms with van der Waals surface area (Å²) in [4.78, 5) is 16.6. The van der Waals surface area contributed by atoms with Gasteiger partial charge in [-0.15, -0.1) is 0 Å². The van der Waals surface area contributed by atoms with E-state index in [0.717, 1.165) is 10.0 Å². The predicted octanol–water partition coefficient (Wildman–Crippen LogP) is 2.70. The van der Waals surface area contributed by atoms with Crippen LogP contribution in [0, 0.1) is 0 Å². The Morgan fingerprint density at radius 3 is 3.09 bits per heavy atom. The molecule has 2 aromatic heterocycles. The largest absolute Gasteiger partial charge is 0.397 e. The molecule has 7 nitrogen and oxygen atoms in total. The SMILES string of the molecule is COCc1cccc(NC(=O)c2[nH]nc3ncc(Br)cc23)c1N. The van der Waals surface area contributed by atoms with Crippen LogP contribution in [0.15, 0.2) is 34.9 Å². The molecule has 0 aliphatic rings. The van der Waals surface area contributed by atoms with Gasteiger partial charge in [0.25, 0.3) is 5.91 Å². The highest BCUT2D eigenvalue weighted by Crippen LogP contribution is 2.25. The van der Waals surface area contributed by atoms with E-state index in [1.54, 1.807) is 25.4 Å². The number of anilines is 2. The van der Waals surface area contributed by atoms with Crippen LogP contribution in [-0.2, 0) is 11.3 Å². The zero-order chi connectivity index (χ0) is 16.4. The maximum Gasteiger partial charge on any atom is 0.274 e. The van der Waals surface area contributed by atoms with Crippen molar-refractivity contribution in [2.24, 2.45) is 0 Å². The van der Waals surface area contributed by atoms with Gasteiger partial charge in [0.15, 0.2) is 5.65 Å². The first-order valence-corrected chi connectivity index (χ1v) is 7.56. The van der Waals surface area contributed by atoms with E-state index in [4.69, 9.17) is 10.5 Å². The molecule has 0 aliphatic carbocycles. The van der Waals surface area contributed by atoms with Gasteiger partial charge in [-0.2, -0.15) is 5.10 Å². The number of ether oxygens (including phenoxy) is 1. The van der Waals surface area contributed by atoms with Crippen LogP contribution < -0.4 is 11.1 Å². The summed E-state index contributed by atoms with van der Waals surface area (Å²) in [5, 5.41) is 10.1. The Morgan fingerprint density at radius 2 is 2.30 bits per heavy atom. The van der Waals surface area contributed by atoms with Crippen molar-refractivity contribution in [3.05, 3.63) is 46.2 Å². The minimum absolute atomic E-state index is 0.324. The van der Waals surface area contributed by atoms with Crippen molar-refractivity contribution in [3.8, 4) is 0 Å². The summed E-state index contributed by atoms with van der Waals surface area (Å²) in [6, 6.07) is 7.18. The number of H-pyrrole nitrogens is 1. The Hall–Kier alpha value is -2.45. The van der Waals surface area contributed by atoms with Gasteiger partial charge in [0.2, 0.25) is 0 Å². The summed E-state index contributed by atoms with van der Waals surface area (Å²) in [6.07, 6.45) is 1.62. The highest BCUT2D eigenvalue weighted by atomic mass is 79.9. The number of para-hydroxylation sites is 1. The van der Waals surface area contributed by atoms with Crippen molar-refractivity contribution in [3.63, 3.8) is 0 Å². The van der Waals surface area contributed by atoms with Crippen LogP contribution in [-0.4, -0.2) is 28.2 Å². The Labute approximate surface area is 140 Å². The number of aromatic nitrogens is 3. The molecule has 0 fully saturated rings. The molecule has 0 bridgehead atoms. The van der Waals surface area contributed by atoms with E-state index >= 15 is 0 Å². The van der Waals surface area contributed by atoms with Crippen LogP contribution in [0.3, 0.4) is 0 Å². The van der Waals surface area contributed by atoms with E-state index < -0.39 is 0 Å². The molecule has 0 atom stereocenters. The van der Waals surface area contributed by atoms with E-state index in [2.05, 4.69) is 36.4 Å². The number of hydrogen-bond acceptors (Lipinski definition) is 5. The summed E-state index contributed by atoms with van der Waals surface area (Å²) in [5.74, 6) is -0.339. The van der Waals surface area contributed by atoms with Crippen molar-refractivity contribution in [2.45, 2.75) is 6.61 Å². The zero-order valence-electron chi connectivity index (χ0n) is 12.3. The number of carbonyl (C=O) groups excluding carboxylic acids is 1. The Kier molecular flexibility index (Phi) is 4.26. The number of amides is 1. The van der Waals surface area contributed by atoms with Crippen LogP contribution >= 0.6 is 15.9 Å². The van der Waals surface area contributed by atoms with Crippen molar-refractivity contribution >= 4 is 44.2 Å². The Bertz CT molecular complexity index is 877. The first-order valence-electron chi connectivity index (χ1n) is 6.77. The predicted molar refractivity (Wildman–Crippen MR) is 91.1 cm³/mol. The van der Waals surface area contributed by atoms with E-state index in [1.165, 1.54) is 0 Å². The van der Waals surface area contributed by atoms with Gasteiger partial charge in [0.1, 0.15) is 5.69 Å². The second-order valence-electron chi connectivity index (χ2n) is 4.89. The molecule has 0 saturated carbocycles. The van der Waals surface area contributed by atoms with Crippen LogP contribution in [0.25, 0.3) is 11.0 Å². The van der Waals surface area contributed by atoms with E-state index in [9.17, 15) is 4.79 Å². The second-order valence-corrected chi connectivity index (χ2v) is 5.80. The lowest BCUT2D eigenvalue weighted by atomic mass is 10.1. The molecule has 0 saturated heterocycles. The molecule has 4 N–H and O–H groups in total. The number of nitrogens with one attached hydrogen (secondary N) is 2. The minimum Gasteiger partial charge on any atom is -0.397 e.